The summed E-state index contributed by atoms with van der Waals surface area (Å²) in [6.45, 7) is 7.00. The van der Waals surface area contributed by atoms with Crippen LogP contribution in [0.4, 0.5) is 4.39 Å². The maximum atomic E-state index is 13.7. The number of halogens is 2. The van der Waals surface area contributed by atoms with Gasteiger partial charge in [0.25, 0.3) is 0 Å². The molecule has 0 saturated heterocycles. The highest BCUT2D eigenvalue weighted by atomic mass is 35.5. The van der Waals surface area contributed by atoms with Gasteiger partial charge in [-0.2, -0.15) is 0 Å². The van der Waals surface area contributed by atoms with Gasteiger partial charge in [0.1, 0.15) is 11.6 Å². The summed E-state index contributed by atoms with van der Waals surface area (Å²) in [4.78, 5) is 8.56. The zero-order valence-electron chi connectivity index (χ0n) is 12.5. The molecule has 3 nitrogen and oxygen atoms in total. The highest BCUT2D eigenvalue weighted by Gasteiger charge is 2.11. The molecular formula is C16H19ClFN3. The molecule has 1 aromatic carbocycles. The Morgan fingerprint density at radius 1 is 1.19 bits per heavy atom. The predicted molar refractivity (Wildman–Crippen MR) is 82.8 cm³/mol. The number of rotatable bonds is 4. The van der Waals surface area contributed by atoms with Crippen LogP contribution in [-0.2, 0) is 13.0 Å². The average molecular weight is 308 g/mol. The predicted octanol–water partition coefficient (Wildman–Crippen LogP) is 3.75. The van der Waals surface area contributed by atoms with Crippen LogP contribution in [0.2, 0.25) is 5.02 Å². The molecule has 5 heteroatoms. The van der Waals surface area contributed by atoms with Gasteiger partial charge in [0.05, 0.1) is 0 Å². The van der Waals surface area contributed by atoms with Crippen LogP contribution in [0, 0.1) is 5.82 Å². The van der Waals surface area contributed by atoms with E-state index in [0.29, 0.717) is 29.4 Å². The van der Waals surface area contributed by atoms with Crippen LogP contribution in [-0.4, -0.2) is 15.5 Å². The van der Waals surface area contributed by atoms with Crippen LogP contribution in [0.1, 0.15) is 37.7 Å². The Morgan fingerprint density at radius 2 is 1.86 bits per heavy atom. The molecule has 0 bridgehead atoms. The van der Waals surface area contributed by atoms with E-state index in [9.17, 15) is 4.39 Å². The first-order valence-electron chi connectivity index (χ1n) is 6.83. The van der Waals surface area contributed by atoms with Crippen LogP contribution < -0.4 is 5.32 Å². The molecule has 21 heavy (non-hydrogen) atoms. The van der Waals surface area contributed by atoms with Crippen molar-refractivity contribution in [1.29, 1.82) is 0 Å². The van der Waals surface area contributed by atoms with Crippen molar-refractivity contribution in [3.63, 3.8) is 0 Å². The van der Waals surface area contributed by atoms with Crippen molar-refractivity contribution in [3.8, 4) is 0 Å². The minimum atomic E-state index is -0.329. The van der Waals surface area contributed by atoms with E-state index >= 15 is 0 Å². The second kappa shape index (κ2) is 6.50. The summed E-state index contributed by atoms with van der Waals surface area (Å²) in [6.07, 6.45) is 3.81. The molecule has 1 N–H and O–H groups in total. The standard InChI is InChI=1S/C16H19ClFN3/c1-16(2,3)21-10-11-8-19-15(20-9-11)7-12-13(17)5-4-6-14(12)18/h4-6,8-9,21H,7,10H2,1-3H3. The minimum absolute atomic E-state index is 0.0410. The first-order valence-corrected chi connectivity index (χ1v) is 7.21. The molecule has 0 aliphatic carbocycles. The zero-order chi connectivity index (χ0) is 15.5. The number of hydrogen-bond acceptors (Lipinski definition) is 3. The molecule has 0 aliphatic heterocycles. The lowest BCUT2D eigenvalue weighted by atomic mass is 10.1. The first kappa shape index (κ1) is 15.9. The molecule has 112 valence electrons. The van der Waals surface area contributed by atoms with E-state index in [2.05, 4.69) is 36.1 Å². The maximum Gasteiger partial charge on any atom is 0.132 e. The molecule has 0 atom stereocenters. The molecule has 0 radical (unpaired) electrons. The van der Waals surface area contributed by atoms with Crippen LogP contribution in [0.15, 0.2) is 30.6 Å². The van der Waals surface area contributed by atoms with Gasteiger partial charge < -0.3 is 5.32 Å². The SMILES string of the molecule is CC(C)(C)NCc1cnc(Cc2c(F)cccc2Cl)nc1. The van der Waals surface area contributed by atoms with E-state index in [1.165, 1.54) is 6.07 Å². The van der Waals surface area contributed by atoms with E-state index in [1.807, 2.05) is 0 Å². The lowest BCUT2D eigenvalue weighted by Gasteiger charge is -2.20. The fraction of sp³-hybridized carbons (Fsp3) is 0.375. The van der Waals surface area contributed by atoms with Gasteiger partial charge in [0.15, 0.2) is 0 Å². The van der Waals surface area contributed by atoms with Crippen molar-refractivity contribution in [3.05, 3.63) is 58.4 Å². The Hall–Kier alpha value is -1.52. The molecule has 0 unspecified atom stereocenters. The van der Waals surface area contributed by atoms with Gasteiger partial charge in [0, 0.05) is 47.0 Å². The molecule has 2 aromatic rings. The number of nitrogens with one attached hydrogen (secondary N) is 1. The topological polar surface area (TPSA) is 37.8 Å². The monoisotopic (exact) mass is 307 g/mol. The van der Waals surface area contributed by atoms with Crippen molar-refractivity contribution in [1.82, 2.24) is 15.3 Å². The fourth-order valence-electron chi connectivity index (χ4n) is 1.79. The van der Waals surface area contributed by atoms with Crippen molar-refractivity contribution < 1.29 is 4.39 Å². The molecule has 0 fully saturated rings. The number of benzene rings is 1. The van der Waals surface area contributed by atoms with Gasteiger partial charge in [-0.15, -0.1) is 0 Å². The quantitative estimate of drug-likeness (QED) is 0.935. The summed E-state index contributed by atoms with van der Waals surface area (Å²) in [7, 11) is 0. The van der Waals surface area contributed by atoms with E-state index in [1.54, 1.807) is 24.5 Å². The van der Waals surface area contributed by atoms with Crippen LogP contribution >= 0.6 is 11.6 Å². The maximum absolute atomic E-state index is 13.7. The fourth-order valence-corrected chi connectivity index (χ4v) is 2.02. The largest absolute Gasteiger partial charge is 0.308 e. The van der Waals surface area contributed by atoms with Gasteiger partial charge in [-0.25, -0.2) is 14.4 Å². The number of aromatic nitrogens is 2. The summed E-state index contributed by atoms with van der Waals surface area (Å²) in [5.41, 5.74) is 1.47. The van der Waals surface area contributed by atoms with E-state index in [0.717, 1.165) is 5.56 Å². The molecule has 1 heterocycles. The van der Waals surface area contributed by atoms with Crippen LogP contribution in [0.3, 0.4) is 0 Å². The van der Waals surface area contributed by atoms with E-state index in [-0.39, 0.29) is 11.4 Å². The Bertz CT molecular complexity index is 586. The second-order valence-corrected chi connectivity index (χ2v) is 6.40. The highest BCUT2D eigenvalue weighted by Crippen LogP contribution is 2.21. The summed E-state index contributed by atoms with van der Waals surface area (Å²) in [5, 5.41) is 3.76. The third-order valence-corrected chi connectivity index (χ3v) is 3.33. The molecule has 0 saturated carbocycles. The first-order chi connectivity index (χ1) is 9.85. The lowest BCUT2D eigenvalue weighted by molar-refractivity contribution is 0.423. The molecule has 0 spiro atoms. The Kier molecular flexibility index (Phi) is 4.91. The van der Waals surface area contributed by atoms with Gasteiger partial charge in [-0.3, -0.25) is 0 Å². The lowest BCUT2D eigenvalue weighted by Crippen LogP contribution is -2.35. The molecule has 2 rings (SSSR count). The summed E-state index contributed by atoms with van der Waals surface area (Å²) in [6, 6.07) is 4.65. The van der Waals surface area contributed by atoms with E-state index < -0.39 is 0 Å². The third-order valence-electron chi connectivity index (χ3n) is 2.98. The molecular weight excluding hydrogens is 289 g/mol. The molecule has 0 aliphatic rings. The van der Waals surface area contributed by atoms with Gasteiger partial charge >= 0.3 is 0 Å². The summed E-state index contributed by atoms with van der Waals surface area (Å²) >= 11 is 6.01. The number of nitrogens with zero attached hydrogens (tertiary/aromatic N) is 2. The minimum Gasteiger partial charge on any atom is -0.308 e. The van der Waals surface area contributed by atoms with Crippen molar-refractivity contribution >= 4 is 11.6 Å². The normalized spacial score (nSPS) is 11.7. The zero-order valence-corrected chi connectivity index (χ0v) is 13.2. The van der Waals surface area contributed by atoms with Gasteiger partial charge in [-0.1, -0.05) is 17.7 Å². The second-order valence-electron chi connectivity index (χ2n) is 5.99. The van der Waals surface area contributed by atoms with Gasteiger partial charge in [0.2, 0.25) is 0 Å². The Morgan fingerprint density at radius 3 is 2.43 bits per heavy atom. The van der Waals surface area contributed by atoms with Gasteiger partial charge in [-0.05, 0) is 32.9 Å². The van der Waals surface area contributed by atoms with E-state index in [4.69, 9.17) is 11.6 Å². The van der Waals surface area contributed by atoms with Crippen LogP contribution in [0.5, 0.6) is 0 Å². The van der Waals surface area contributed by atoms with Crippen molar-refractivity contribution in [2.45, 2.75) is 39.3 Å². The number of hydrogen-bond donors (Lipinski definition) is 1. The average Bonchev–Trinajstić information content (AvgIpc) is 2.41. The molecule has 1 aromatic heterocycles. The summed E-state index contributed by atoms with van der Waals surface area (Å²) in [5.74, 6) is 0.228. The molecule has 0 amide bonds. The smallest absolute Gasteiger partial charge is 0.132 e. The summed E-state index contributed by atoms with van der Waals surface area (Å²) < 4.78 is 13.7. The highest BCUT2D eigenvalue weighted by molar-refractivity contribution is 6.31. The van der Waals surface area contributed by atoms with Crippen molar-refractivity contribution in [2.24, 2.45) is 0 Å². The Balaban J connectivity index is 2.06. The van der Waals surface area contributed by atoms with Crippen LogP contribution in [0.25, 0.3) is 0 Å². The Labute approximate surface area is 129 Å². The van der Waals surface area contributed by atoms with Crippen molar-refractivity contribution in [2.75, 3.05) is 0 Å². The third kappa shape index (κ3) is 4.76.